The van der Waals surface area contributed by atoms with E-state index in [0.717, 1.165) is 0 Å². The average molecular weight is 288 g/mol. The standard InChI is InChI=1S/C10H10ClN3O5/c11-6-2-1-3-7(10(6)14(18)19)12-4-8(15)13-5-9(16)17/h1-3,12H,4-5H2,(H,13,15)(H,16,17). The molecule has 0 saturated carbocycles. The van der Waals surface area contributed by atoms with Crippen LogP contribution in [0.5, 0.6) is 0 Å². The molecule has 0 aliphatic carbocycles. The number of carbonyl (C=O) groups excluding carboxylic acids is 1. The van der Waals surface area contributed by atoms with Crippen LogP contribution in [0.4, 0.5) is 11.4 Å². The zero-order valence-corrected chi connectivity index (χ0v) is 10.3. The van der Waals surface area contributed by atoms with E-state index in [9.17, 15) is 19.7 Å². The number of nitro groups is 1. The number of carboxylic acids is 1. The number of aliphatic carboxylic acids is 1. The van der Waals surface area contributed by atoms with Gasteiger partial charge in [0, 0.05) is 0 Å². The second-order valence-corrected chi connectivity index (χ2v) is 3.82. The topological polar surface area (TPSA) is 122 Å². The Bertz CT molecular complexity index is 520. The van der Waals surface area contributed by atoms with Crippen molar-refractivity contribution in [2.45, 2.75) is 0 Å². The van der Waals surface area contributed by atoms with Crippen molar-refractivity contribution in [1.29, 1.82) is 0 Å². The van der Waals surface area contributed by atoms with Crippen LogP contribution in [-0.4, -0.2) is 35.0 Å². The van der Waals surface area contributed by atoms with Crippen molar-refractivity contribution in [3.05, 3.63) is 33.3 Å². The number of para-hydroxylation sites is 1. The van der Waals surface area contributed by atoms with Gasteiger partial charge in [-0.05, 0) is 12.1 Å². The fourth-order valence-corrected chi connectivity index (χ4v) is 1.50. The maximum absolute atomic E-state index is 11.2. The van der Waals surface area contributed by atoms with Crippen LogP contribution in [-0.2, 0) is 9.59 Å². The summed E-state index contributed by atoms with van der Waals surface area (Å²) in [4.78, 5) is 31.6. The van der Waals surface area contributed by atoms with Gasteiger partial charge in [-0.2, -0.15) is 0 Å². The molecule has 19 heavy (non-hydrogen) atoms. The van der Waals surface area contributed by atoms with Crippen LogP contribution in [0.25, 0.3) is 0 Å². The number of carbonyl (C=O) groups is 2. The third kappa shape index (κ3) is 4.43. The van der Waals surface area contributed by atoms with E-state index >= 15 is 0 Å². The molecule has 0 radical (unpaired) electrons. The van der Waals surface area contributed by atoms with Gasteiger partial charge >= 0.3 is 11.7 Å². The largest absolute Gasteiger partial charge is 0.480 e. The molecule has 0 heterocycles. The predicted octanol–water partition coefficient (Wildman–Crippen LogP) is 0.861. The quantitative estimate of drug-likeness (QED) is 0.527. The van der Waals surface area contributed by atoms with Crippen LogP contribution in [0.2, 0.25) is 5.02 Å². The Labute approximate surface area is 112 Å². The molecule has 0 aromatic heterocycles. The number of hydrogen-bond donors (Lipinski definition) is 3. The van der Waals surface area contributed by atoms with Gasteiger partial charge in [-0.25, -0.2) is 0 Å². The highest BCUT2D eigenvalue weighted by Crippen LogP contribution is 2.31. The van der Waals surface area contributed by atoms with E-state index in [-0.39, 0.29) is 22.9 Å². The molecule has 0 unspecified atom stereocenters. The smallest absolute Gasteiger partial charge is 0.322 e. The maximum Gasteiger partial charge on any atom is 0.322 e. The summed E-state index contributed by atoms with van der Waals surface area (Å²) in [5, 5.41) is 23.7. The van der Waals surface area contributed by atoms with Gasteiger partial charge in [-0.3, -0.25) is 19.7 Å². The molecule has 0 fully saturated rings. The predicted molar refractivity (Wildman–Crippen MR) is 67.2 cm³/mol. The Morgan fingerprint density at radius 1 is 1.37 bits per heavy atom. The van der Waals surface area contributed by atoms with E-state index in [1.54, 1.807) is 0 Å². The molecule has 0 aliphatic rings. The highest BCUT2D eigenvalue weighted by molar-refractivity contribution is 6.33. The second kappa shape index (κ2) is 6.55. The van der Waals surface area contributed by atoms with Gasteiger partial charge in [0.2, 0.25) is 5.91 Å². The number of halogens is 1. The van der Waals surface area contributed by atoms with E-state index < -0.39 is 23.3 Å². The average Bonchev–Trinajstić information content (AvgIpc) is 2.33. The van der Waals surface area contributed by atoms with Gasteiger partial charge in [-0.15, -0.1) is 0 Å². The Kier molecular flexibility index (Phi) is 5.07. The summed E-state index contributed by atoms with van der Waals surface area (Å²) in [5.41, 5.74) is -0.252. The molecule has 1 aromatic rings. The summed E-state index contributed by atoms with van der Waals surface area (Å²) in [5.74, 6) is -1.78. The van der Waals surface area contributed by atoms with Crippen LogP contribution in [0, 0.1) is 10.1 Å². The highest BCUT2D eigenvalue weighted by Gasteiger charge is 2.18. The third-order valence-electron chi connectivity index (χ3n) is 2.05. The maximum atomic E-state index is 11.2. The van der Waals surface area contributed by atoms with E-state index in [4.69, 9.17) is 16.7 Å². The molecule has 0 aliphatic heterocycles. The number of nitro benzene ring substituents is 1. The number of hydrogen-bond acceptors (Lipinski definition) is 5. The first kappa shape index (κ1) is 14.7. The van der Waals surface area contributed by atoms with Crippen molar-refractivity contribution in [3.63, 3.8) is 0 Å². The molecule has 0 bridgehead atoms. The summed E-state index contributed by atoms with van der Waals surface area (Å²) >= 11 is 5.68. The first-order valence-electron chi connectivity index (χ1n) is 5.07. The monoisotopic (exact) mass is 287 g/mol. The molecule has 0 spiro atoms. The zero-order chi connectivity index (χ0) is 14.4. The van der Waals surface area contributed by atoms with Gasteiger partial charge in [-0.1, -0.05) is 17.7 Å². The molecule has 102 valence electrons. The fourth-order valence-electron chi connectivity index (χ4n) is 1.26. The van der Waals surface area contributed by atoms with E-state index in [1.807, 2.05) is 0 Å². The summed E-state index contributed by atoms with van der Waals surface area (Å²) in [7, 11) is 0. The lowest BCUT2D eigenvalue weighted by Crippen LogP contribution is -2.33. The Morgan fingerprint density at radius 3 is 2.63 bits per heavy atom. The van der Waals surface area contributed by atoms with Gasteiger partial charge < -0.3 is 15.7 Å². The summed E-state index contributed by atoms with van der Waals surface area (Å²) in [6.07, 6.45) is 0. The number of benzene rings is 1. The van der Waals surface area contributed by atoms with Crippen molar-refractivity contribution in [2.24, 2.45) is 0 Å². The van der Waals surface area contributed by atoms with Gasteiger partial charge in [0.1, 0.15) is 17.3 Å². The van der Waals surface area contributed by atoms with Crippen LogP contribution >= 0.6 is 11.6 Å². The summed E-state index contributed by atoms with van der Waals surface area (Å²) < 4.78 is 0. The molecule has 3 N–H and O–H groups in total. The van der Waals surface area contributed by atoms with Gasteiger partial charge in [0.25, 0.3) is 0 Å². The molecule has 8 nitrogen and oxygen atoms in total. The Balaban J connectivity index is 2.68. The van der Waals surface area contributed by atoms with Crippen molar-refractivity contribution >= 4 is 34.9 Å². The number of anilines is 1. The fraction of sp³-hybridized carbons (Fsp3) is 0.200. The van der Waals surface area contributed by atoms with Crippen molar-refractivity contribution in [3.8, 4) is 0 Å². The molecular weight excluding hydrogens is 278 g/mol. The molecule has 1 amide bonds. The van der Waals surface area contributed by atoms with Crippen LogP contribution in [0.3, 0.4) is 0 Å². The summed E-state index contributed by atoms with van der Waals surface area (Å²) in [6, 6.07) is 4.25. The molecule has 1 aromatic carbocycles. The Morgan fingerprint density at radius 2 is 2.05 bits per heavy atom. The molecule has 0 atom stereocenters. The van der Waals surface area contributed by atoms with Crippen LogP contribution in [0.15, 0.2) is 18.2 Å². The van der Waals surface area contributed by atoms with Gasteiger partial charge in [0.15, 0.2) is 0 Å². The molecule has 1 rings (SSSR count). The van der Waals surface area contributed by atoms with Gasteiger partial charge in [0.05, 0.1) is 11.5 Å². The van der Waals surface area contributed by atoms with Crippen molar-refractivity contribution in [1.82, 2.24) is 5.32 Å². The van der Waals surface area contributed by atoms with E-state index in [0.29, 0.717) is 0 Å². The lowest BCUT2D eigenvalue weighted by atomic mass is 10.2. The first-order chi connectivity index (χ1) is 8.91. The molecular formula is C10H10ClN3O5. The van der Waals surface area contributed by atoms with Crippen molar-refractivity contribution < 1.29 is 19.6 Å². The minimum atomic E-state index is -1.18. The van der Waals surface area contributed by atoms with Crippen LogP contribution < -0.4 is 10.6 Å². The van der Waals surface area contributed by atoms with Crippen LogP contribution in [0.1, 0.15) is 0 Å². The van der Waals surface area contributed by atoms with Crippen molar-refractivity contribution in [2.75, 3.05) is 18.4 Å². The summed E-state index contributed by atoms with van der Waals surface area (Å²) in [6.45, 7) is -0.813. The normalized spacial score (nSPS) is 9.74. The molecule has 9 heteroatoms. The first-order valence-corrected chi connectivity index (χ1v) is 5.45. The number of amides is 1. The SMILES string of the molecule is O=C(O)CNC(=O)CNc1cccc(Cl)c1[N+](=O)[O-]. The lowest BCUT2D eigenvalue weighted by molar-refractivity contribution is -0.383. The number of rotatable bonds is 6. The second-order valence-electron chi connectivity index (χ2n) is 3.42. The highest BCUT2D eigenvalue weighted by atomic mass is 35.5. The number of nitrogens with zero attached hydrogens (tertiary/aromatic N) is 1. The minimum absolute atomic E-state index is 0.0547. The lowest BCUT2D eigenvalue weighted by Gasteiger charge is -2.07. The number of nitrogens with one attached hydrogen (secondary N) is 2. The minimum Gasteiger partial charge on any atom is -0.480 e. The van der Waals surface area contributed by atoms with E-state index in [1.165, 1.54) is 18.2 Å². The third-order valence-corrected chi connectivity index (χ3v) is 2.35. The van der Waals surface area contributed by atoms with E-state index in [2.05, 4.69) is 10.6 Å². The zero-order valence-electron chi connectivity index (χ0n) is 9.55. The Hall–Kier alpha value is -2.35. The number of carboxylic acid groups (broad SMARTS) is 1. The molecule has 0 saturated heterocycles.